The lowest BCUT2D eigenvalue weighted by Crippen LogP contribution is -2.31. The van der Waals surface area contributed by atoms with Crippen molar-refractivity contribution in [3.8, 4) is 11.3 Å². The predicted octanol–water partition coefficient (Wildman–Crippen LogP) is 4.61. The van der Waals surface area contributed by atoms with E-state index < -0.39 is 0 Å². The smallest absolute Gasteiger partial charge is 0.319 e. The Balaban J connectivity index is 1.45. The van der Waals surface area contributed by atoms with Crippen LogP contribution in [0.3, 0.4) is 0 Å². The van der Waals surface area contributed by atoms with Gasteiger partial charge in [0.1, 0.15) is 0 Å². The second-order valence-electron chi connectivity index (χ2n) is 5.56. The van der Waals surface area contributed by atoms with E-state index in [1.54, 1.807) is 18.2 Å². The van der Waals surface area contributed by atoms with Crippen LogP contribution in [0.5, 0.6) is 0 Å². The van der Waals surface area contributed by atoms with E-state index in [1.807, 2.05) is 41.8 Å². The van der Waals surface area contributed by atoms with Crippen LogP contribution < -0.4 is 16.0 Å². The fraction of sp³-hybridized carbons (Fsp3) is 0.105. The highest BCUT2D eigenvalue weighted by molar-refractivity contribution is 7.14. The molecule has 0 saturated carbocycles. The van der Waals surface area contributed by atoms with Crippen molar-refractivity contribution in [1.82, 2.24) is 10.3 Å². The Labute approximate surface area is 165 Å². The van der Waals surface area contributed by atoms with E-state index in [-0.39, 0.29) is 24.9 Å². The van der Waals surface area contributed by atoms with Crippen molar-refractivity contribution < 1.29 is 9.59 Å². The summed E-state index contributed by atoms with van der Waals surface area (Å²) in [5.41, 5.74) is 2.21. The molecule has 8 heteroatoms. The quantitative estimate of drug-likeness (QED) is 0.564. The first-order chi connectivity index (χ1) is 13.1. The number of aromatic nitrogens is 1. The monoisotopic (exact) mass is 400 g/mol. The van der Waals surface area contributed by atoms with Gasteiger partial charge in [0.25, 0.3) is 0 Å². The highest BCUT2D eigenvalue weighted by atomic mass is 35.5. The van der Waals surface area contributed by atoms with Crippen LogP contribution in [0, 0.1) is 0 Å². The summed E-state index contributed by atoms with van der Waals surface area (Å²) in [5, 5.41) is 11.0. The van der Waals surface area contributed by atoms with Crippen LogP contribution in [0.25, 0.3) is 11.3 Å². The van der Waals surface area contributed by atoms with E-state index in [0.29, 0.717) is 21.5 Å². The van der Waals surface area contributed by atoms with Crippen molar-refractivity contribution in [3.63, 3.8) is 0 Å². The zero-order chi connectivity index (χ0) is 19.1. The Hall–Kier alpha value is -2.90. The Bertz CT molecular complexity index is 930. The summed E-state index contributed by atoms with van der Waals surface area (Å²) >= 11 is 7.48. The minimum Gasteiger partial charge on any atom is -0.337 e. The molecule has 0 fully saturated rings. The molecular formula is C19H17ClN4O2S. The van der Waals surface area contributed by atoms with E-state index in [2.05, 4.69) is 20.9 Å². The van der Waals surface area contributed by atoms with Gasteiger partial charge in [-0.3, -0.25) is 4.79 Å². The molecule has 0 spiro atoms. The molecule has 27 heavy (non-hydrogen) atoms. The molecule has 138 valence electrons. The summed E-state index contributed by atoms with van der Waals surface area (Å²) in [6.45, 7) is 0.216. The molecule has 3 N–H and O–H groups in total. The molecule has 1 aromatic heterocycles. The fourth-order valence-electron chi connectivity index (χ4n) is 2.29. The number of nitrogens with one attached hydrogen (secondary N) is 3. The van der Waals surface area contributed by atoms with Crippen molar-refractivity contribution in [3.05, 3.63) is 65.0 Å². The Morgan fingerprint density at radius 1 is 1.00 bits per heavy atom. The summed E-state index contributed by atoms with van der Waals surface area (Å²) in [6.07, 6.45) is 0.142. The van der Waals surface area contributed by atoms with E-state index >= 15 is 0 Å². The van der Waals surface area contributed by atoms with E-state index in [4.69, 9.17) is 11.6 Å². The zero-order valence-electron chi connectivity index (χ0n) is 14.2. The minimum atomic E-state index is -0.357. The Morgan fingerprint density at radius 2 is 1.74 bits per heavy atom. The van der Waals surface area contributed by atoms with Crippen LogP contribution in [0.4, 0.5) is 15.6 Å². The van der Waals surface area contributed by atoms with Gasteiger partial charge in [0.05, 0.1) is 5.69 Å². The first kappa shape index (κ1) is 18.9. The number of carbonyl (C=O) groups excluding carboxylic acids is 2. The number of carbonyl (C=O) groups is 2. The van der Waals surface area contributed by atoms with Gasteiger partial charge in [0.15, 0.2) is 5.13 Å². The molecule has 3 rings (SSSR count). The highest BCUT2D eigenvalue weighted by Crippen LogP contribution is 2.30. The van der Waals surface area contributed by atoms with Gasteiger partial charge < -0.3 is 16.0 Å². The summed E-state index contributed by atoms with van der Waals surface area (Å²) in [4.78, 5) is 28.2. The van der Waals surface area contributed by atoms with Gasteiger partial charge in [0, 0.05) is 34.6 Å². The molecule has 1 heterocycles. The Kier molecular flexibility index (Phi) is 6.40. The lowest BCUT2D eigenvalue weighted by molar-refractivity contribution is -0.116. The average molecular weight is 401 g/mol. The van der Waals surface area contributed by atoms with Gasteiger partial charge in [-0.2, -0.15) is 0 Å². The summed E-state index contributed by atoms with van der Waals surface area (Å²) in [6, 6.07) is 16.1. The van der Waals surface area contributed by atoms with Crippen molar-refractivity contribution >= 4 is 45.7 Å². The number of halogens is 1. The average Bonchev–Trinajstić information content (AvgIpc) is 3.11. The molecule has 0 atom stereocenters. The number of thiazole rings is 1. The molecule has 3 amide bonds. The molecule has 0 aliphatic rings. The fourth-order valence-corrected chi connectivity index (χ4v) is 3.25. The predicted molar refractivity (Wildman–Crippen MR) is 109 cm³/mol. The third kappa shape index (κ3) is 5.54. The van der Waals surface area contributed by atoms with Gasteiger partial charge in [-0.15, -0.1) is 11.3 Å². The third-order valence-corrected chi connectivity index (χ3v) is 4.66. The second-order valence-corrected chi connectivity index (χ2v) is 6.83. The van der Waals surface area contributed by atoms with Crippen LogP contribution in [0.15, 0.2) is 60.0 Å². The molecule has 0 radical (unpaired) electrons. The maximum atomic E-state index is 12.0. The lowest BCUT2D eigenvalue weighted by atomic mass is 10.2. The first-order valence-electron chi connectivity index (χ1n) is 8.22. The molecule has 3 aromatic rings. The molecular weight excluding hydrogens is 384 g/mol. The number of hydrogen-bond donors (Lipinski definition) is 3. The molecule has 0 saturated heterocycles. The maximum absolute atomic E-state index is 12.0. The van der Waals surface area contributed by atoms with Crippen LogP contribution in [0.1, 0.15) is 6.42 Å². The lowest BCUT2D eigenvalue weighted by Gasteiger charge is -2.07. The number of nitrogens with zero attached hydrogens (tertiary/aromatic N) is 1. The van der Waals surface area contributed by atoms with Crippen molar-refractivity contribution in [2.45, 2.75) is 6.42 Å². The van der Waals surface area contributed by atoms with Crippen LogP contribution in [-0.4, -0.2) is 23.5 Å². The highest BCUT2D eigenvalue weighted by Gasteiger charge is 2.10. The summed E-state index contributed by atoms with van der Waals surface area (Å²) in [5.74, 6) is -0.227. The molecule has 0 bridgehead atoms. The topological polar surface area (TPSA) is 83.1 Å². The summed E-state index contributed by atoms with van der Waals surface area (Å²) in [7, 11) is 0. The normalized spacial score (nSPS) is 10.3. The SMILES string of the molecule is O=C(CCNC(=O)Nc1ccccc1)Nc1nc(-c2ccccc2Cl)cs1. The van der Waals surface area contributed by atoms with Gasteiger partial charge in [-0.05, 0) is 18.2 Å². The number of urea groups is 1. The van der Waals surface area contributed by atoms with E-state index in [1.165, 1.54) is 11.3 Å². The molecule has 2 aromatic carbocycles. The first-order valence-corrected chi connectivity index (χ1v) is 9.48. The molecule has 0 aliphatic heterocycles. The van der Waals surface area contributed by atoms with Gasteiger partial charge >= 0.3 is 6.03 Å². The van der Waals surface area contributed by atoms with E-state index in [0.717, 1.165) is 5.56 Å². The zero-order valence-corrected chi connectivity index (χ0v) is 15.8. The summed E-state index contributed by atoms with van der Waals surface area (Å²) < 4.78 is 0. The van der Waals surface area contributed by atoms with E-state index in [9.17, 15) is 9.59 Å². The molecule has 0 aliphatic carbocycles. The number of para-hydroxylation sites is 1. The largest absolute Gasteiger partial charge is 0.337 e. The van der Waals surface area contributed by atoms with Crippen molar-refractivity contribution in [2.24, 2.45) is 0 Å². The standard InChI is InChI=1S/C19H17ClN4O2S/c20-15-9-5-4-8-14(15)16-12-27-19(23-16)24-17(25)10-11-21-18(26)22-13-6-2-1-3-7-13/h1-9,12H,10-11H2,(H2,21,22,26)(H,23,24,25). The number of anilines is 2. The third-order valence-electron chi connectivity index (χ3n) is 3.57. The van der Waals surface area contributed by atoms with Gasteiger partial charge in [-0.1, -0.05) is 48.0 Å². The number of hydrogen-bond acceptors (Lipinski definition) is 4. The van der Waals surface area contributed by atoms with Crippen molar-refractivity contribution in [2.75, 3.05) is 17.2 Å². The second kappa shape index (κ2) is 9.16. The van der Waals surface area contributed by atoms with Crippen molar-refractivity contribution in [1.29, 1.82) is 0 Å². The number of rotatable bonds is 6. The Morgan fingerprint density at radius 3 is 2.52 bits per heavy atom. The maximum Gasteiger partial charge on any atom is 0.319 e. The van der Waals surface area contributed by atoms with Gasteiger partial charge in [0.2, 0.25) is 5.91 Å². The van der Waals surface area contributed by atoms with Gasteiger partial charge in [-0.25, -0.2) is 9.78 Å². The van der Waals surface area contributed by atoms with Crippen LogP contribution in [-0.2, 0) is 4.79 Å². The number of amides is 3. The number of benzene rings is 2. The minimum absolute atomic E-state index is 0.142. The van der Waals surface area contributed by atoms with Crippen LogP contribution >= 0.6 is 22.9 Å². The molecule has 6 nitrogen and oxygen atoms in total. The molecule has 0 unspecified atom stereocenters. The van der Waals surface area contributed by atoms with Crippen LogP contribution in [0.2, 0.25) is 5.02 Å².